The lowest BCUT2D eigenvalue weighted by Gasteiger charge is -2.16. The molecular formula is C24H31N5O2S2. The summed E-state index contributed by atoms with van der Waals surface area (Å²) in [7, 11) is 0.946. The molecule has 0 amide bonds. The molecule has 0 spiro atoms. The maximum Gasteiger partial charge on any atom is 0.184 e. The van der Waals surface area contributed by atoms with Crippen molar-refractivity contribution in [3.8, 4) is 11.5 Å². The van der Waals surface area contributed by atoms with Gasteiger partial charge < -0.3 is 15.8 Å². The fraction of sp³-hybridized carbons (Fsp3) is 0.458. The molecule has 0 radical (unpaired) electrons. The number of rotatable bonds is 8. The van der Waals surface area contributed by atoms with Crippen molar-refractivity contribution >= 4 is 43.3 Å². The van der Waals surface area contributed by atoms with E-state index in [0.717, 1.165) is 46.1 Å². The lowest BCUT2D eigenvalue weighted by molar-refractivity contribution is 0.446. The number of amidine groups is 1. The van der Waals surface area contributed by atoms with Gasteiger partial charge in [-0.05, 0) is 49.8 Å². The molecule has 2 heterocycles. The summed E-state index contributed by atoms with van der Waals surface area (Å²) in [5.74, 6) is 3.30. The van der Waals surface area contributed by atoms with E-state index in [1.165, 1.54) is 19.3 Å². The number of anilines is 1. The third-order valence-electron chi connectivity index (χ3n) is 6.06. The number of nitrogens with zero attached hydrogens (tertiary/aromatic N) is 3. The van der Waals surface area contributed by atoms with E-state index < -0.39 is 10.8 Å². The maximum absolute atomic E-state index is 11.4. The Balaban J connectivity index is 1.40. The number of nitrogens with two attached hydrogens (primary N) is 1. The summed E-state index contributed by atoms with van der Waals surface area (Å²) in [6.45, 7) is 0. The number of ether oxygens (including phenoxy) is 1. The Morgan fingerprint density at radius 3 is 2.91 bits per heavy atom. The lowest BCUT2D eigenvalue weighted by Crippen LogP contribution is -2.18. The van der Waals surface area contributed by atoms with Crippen LogP contribution in [0.4, 0.5) is 5.13 Å². The van der Waals surface area contributed by atoms with Crippen LogP contribution in [0.5, 0.6) is 11.5 Å². The summed E-state index contributed by atoms with van der Waals surface area (Å²) in [6.07, 6.45) is 10.5. The Hall–Kier alpha value is -2.52. The number of nitrogens with one attached hydrogen (secondary N) is 1. The van der Waals surface area contributed by atoms with Crippen LogP contribution in [0.15, 0.2) is 41.5 Å². The van der Waals surface area contributed by atoms with Gasteiger partial charge in [-0.2, -0.15) is 0 Å². The number of aromatic nitrogens is 2. The number of pyridine rings is 1. The van der Waals surface area contributed by atoms with E-state index in [1.807, 2.05) is 18.2 Å². The molecule has 176 valence electrons. The predicted octanol–water partition coefficient (Wildman–Crippen LogP) is 4.95. The van der Waals surface area contributed by atoms with E-state index in [2.05, 4.69) is 15.3 Å². The lowest BCUT2D eigenvalue weighted by atomic mass is 9.97. The minimum Gasteiger partial charge on any atom is -0.457 e. The fourth-order valence-electron chi connectivity index (χ4n) is 4.21. The zero-order chi connectivity index (χ0) is 23.2. The van der Waals surface area contributed by atoms with Gasteiger partial charge in [0.15, 0.2) is 5.13 Å². The minimum atomic E-state index is -0.690. The third kappa shape index (κ3) is 6.51. The highest BCUT2D eigenvalue weighted by Crippen LogP contribution is 2.33. The number of benzene rings is 1. The molecule has 0 bridgehead atoms. The molecule has 2 aromatic heterocycles. The molecule has 2 unspecified atom stereocenters. The molecule has 1 saturated carbocycles. The van der Waals surface area contributed by atoms with E-state index in [-0.39, 0.29) is 0 Å². The largest absolute Gasteiger partial charge is 0.457 e. The van der Waals surface area contributed by atoms with E-state index in [4.69, 9.17) is 15.5 Å². The van der Waals surface area contributed by atoms with Crippen molar-refractivity contribution in [2.24, 2.45) is 16.6 Å². The van der Waals surface area contributed by atoms with E-state index in [0.29, 0.717) is 29.2 Å². The fourth-order valence-corrected chi connectivity index (χ4v) is 5.85. The van der Waals surface area contributed by atoms with Crippen molar-refractivity contribution in [1.29, 1.82) is 0 Å². The van der Waals surface area contributed by atoms with Crippen molar-refractivity contribution in [3.63, 3.8) is 0 Å². The maximum atomic E-state index is 11.4. The highest BCUT2D eigenvalue weighted by Gasteiger charge is 2.20. The van der Waals surface area contributed by atoms with Gasteiger partial charge in [0.05, 0.1) is 10.2 Å². The topological polar surface area (TPSA) is 102 Å². The summed E-state index contributed by atoms with van der Waals surface area (Å²) < 4.78 is 18.5. The first kappa shape index (κ1) is 23.6. The monoisotopic (exact) mass is 485 g/mol. The second kappa shape index (κ2) is 11.1. The van der Waals surface area contributed by atoms with Gasteiger partial charge in [-0.25, -0.2) is 4.98 Å². The van der Waals surface area contributed by atoms with Gasteiger partial charge in [0, 0.05) is 54.2 Å². The Morgan fingerprint density at radius 1 is 1.24 bits per heavy atom. The van der Waals surface area contributed by atoms with Crippen molar-refractivity contribution in [1.82, 2.24) is 9.97 Å². The molecule has 33 heavy (non-hydrogen) atoms. The van der Waals surface area contributed by atoms with Gasteiger partial charge in [-0.3, -0.25) is 14.2 Å². The van der Waals surface area contributed by atoms with Crippen LogP contribution in [-0.2, 0) is 10.8 Å². The van der Waals surface area contributed by atoms with Crippen molar-refractivity contribution in [2.45, 2.75) is 44.6 Å². The Kier molecular flexibility index (Phi) is 7.93. The molecule has 4 rings (SSSR count). The number of hydrogen-bond donors (Lipinski definition) is 2. The van der Waals surface area contributed by atoms with Crippen molar-refractivity contribution in [2.75, 3.05) is 24.4 Å². The smallest absolute Gasteiger partial charge is 0.184 e. The van der Waals surface area contributed by atoms with Gasteiger partial charge >= 0.3 is 0 Å². The molecule has 3 aromatic rings. The molecule has 0 aliphatic heterocycles. The SMILES string of the molecule is CN=C(N)c1cc(Oc2ccc3nc(N[C@H]4CCCC(CCS(C)=O)CC4)sc3c2)ccn1. The van der Waals surface area contributed by atoms with E-state index in [9.17, 15) is 4.21 Å². The van der Waals surface area contributed by atoms with Crippen LogP contribution >= 0.6 is 11.3 Å². The average molecular weight is 486 g/mol. The minimum absolute atomic E-state index is 0.374. The Morgan fingerprint density at radius 2 is 2.09 bits per heavy atom. The quantitative estimate of drug-likeness (QED) is 0.266. The molecule has 7 nitrogen and oxygen atoms in total. The van der Waals surface area contributed by atoms with Crippen LogP contribution in [0.2, 0.25) is 0 Å². The van der Waals surface area contributed by atoms with Gasteiger partial charge in [0.2, 0.25) is 0 Å². The zero-order valence-corrected chi connectivity index (χ0v) is 20.8. The third-order valence-corrected chi connectivity index (χ3v) is 7.82. The molecule has 9 heteroatoms. The summed E-state index contributed by atoms with van der Waals surface area (Å²) in [5.41, 5.74) is 7.41. The highest BCUT2D eigenvalue weighted by atomic mass is 32.2. The summed E-state index contributed by atoms with van der Waals surface area (Å²) in [6, 6.07) is 9.96. The average Bonchev–Trinajstić information content (AvgIpc) is 3.07. The second-order valence-corrected chi connectivity index (χ2v) is 11.1. The predicted molar refractivity (Wildman–Crippen MR) is 138 cm³/mol. The summed E-state index contributed by atoms with van der Waals surface area (Å²) in [4.78, 5) is 13.0. The number of aliphatic imine (C=N–C) groups is 1. The standard InChI is InChI=1S/C24H31N5O2S2/c1-26-23(25)21-14-19(10-12-27-21)31-18-8-9-20-22(15-18)32-24(29-20)28-17-5-3-4-16(6-7-17)11-13-33(2)30/h8-10,12,14-17H,3-7,11,13H2,1-2H3,(H2,25,26)(H,28,29)/t16?,17-,33?/m0/s1. The molecule has 3 atom stereocenters. The molecule has 1 aliphatic carbocycles. The molecule has 1 fully saturated rings. The normalized spacial score (nSPS) is 20.4. The molecular weight excluding hydrogens is 454 g/mol. The van der Waals surface area contributed by atoms with Crippen LogP contribution in [0.1, 0.15) is 44.2 Å². The van der Waals surface area contributed by atoms with Crippen LogP contribution in [0.25, 0.3) is 10.2 Å². The van der Waals surface area contributed by atoms with Crippen molar-refractivity contribution < 1.29 is 8.95 Å². The Labute approximate surface area is 201 Å². The molecule has 3 N–H and O–H groups in total. The molecule has 0 saturated heterocycles. The number of fused-ring (bicyclic) bond motifs is 1. The molecule has 1 aromatic carbocycles. The van der Waals surface area contributed by atoms with Gasteiger partial charge in [-0.1, -0.05) is 24.2 Å². The Bertz CT molecular complexity index is 1150. The number of hydrogen-bond acceptors (Lipinski definition) is 7. The van der Waals surface area contributed by atoms with E-state index in [1.54, 1.807) is 43.0 Å². The van der Waals surface area contributed by atoms with Gasteiger partial charge in [0.25, 0.3) is 0 Å². The van der Waals surface area contributed by atoms with Crippen LogP contribution in [0.3, 0.4) is 0 Å². The van der Waals surface area contributed by atoms with E-state index >= 15 is 0 Å². The first-order valence-electron chi connectivity index (χ1n) is 11.3. The van der Waals surface area contributed by atoms with Crippen LogP contribution < -0.4 is 15.8 Å². The van der Waals surface area contributed by atoms with Gasteiger partial charge in [-0.15, -0.1) is 0 Å². The molecule has 1 aliphatic rings. The zero-order valence-electron chi connectivity index (χ0n) is 19.1. The van der Waals surface area contributed by atoms with Gasteiger partial charge in [0.1, 0.15) is 23.0 Å². The number of thiazole rings is 1. The van der Waals surface area contributed by atoms with Crippen molar-refractivity contribution in [3.05, 3.63) is 42.2 Å². The highest BCUT2D eigenvalue weighted by molar-refractivity contribution is 7.84. The second-order valence-electron chi connectivity index (χ2n) is 8.52. The summed E-state index contributed by atoms with van der Waals surface area (Å²) in [5, 5.41) is 4.62. The van der Waals surface area contributed by atoms with Crippen LogP contribution in [0, 0.1) is 5.92 Å². The van der Waals surface area contributed by atoms with Crippen LogP contribution in [-0.4, -0.2) is 45.1 Å². The first-order chi connectivity index (χ1) is 16.0. The summed E-state index contributed by atoms with van der Waals surface area (Å²) >= 11 is 1.66. The first-order valence-corrected chi connectivity index (χ1v) is 13.9.